The molecule has 1 aliphatic heterocycles. The highest BCUT2D eigenvalue weighted by atomic mass is 32.1. The molecular weight excluding hydrogens is 411 g/mol. The second-order valence-corrected chi connectivity index (χ2v) is 8.10. The van der Waals surface area contributed by atoms with E-state index in [2.05, 4.69) is 34.3 Å². The van der Waals surface area contributed by atoms with Crippen molar-refractivity contribution in [2.45, 2.75) is 25.6 Å². The lowest BCUT2D eigenvalue weighted by Crippen LogP contribution is -2.41. The highest BCUT2D eigenvalue weighted by Crippen LogP contribution is 2.32. The zero-order valence-electron chi connectivity index (χ0n) is 16.2. The van der Waals surface area contributed by atoms with Gasteiger partial charge in [-0.3, -0.25) is 4.79 Å². The number of anilines is 1. The van der Waals surface area contributed by atoms with Gasteiger partial charge in [-0.25, -0.2) is 4.98 Å². The highest BCUT2D eigenvalue weighted by molar-refractivity contribution is 7.13. The molecule has 1 aromatic heterocycles. The Kier molecular flexibility index (Phi) is 5.51. The van der Waals surface area contributed by atoms with Crippen LogP contribution in [-0.2, 0) is 12.6 Å². The first kappa shape index (κ1) is 20.4. The molecule has 0 fully saturated rings. The maximum absolute atomic E-state index is 12.7. The van der Waals surface area contributed by atoms with Gasteiger partial charge in [0.2, 0.25) is 0 Å². The molecule has 0 saturated heterocycles. The van der Waals surface area contributed by atoms with Crippen molar-refractivity contribution in [3.8, 4) is 10.6 Å². The van der Waals surface area contributed by atoms with Crippen LogP contribution in [0, 0.1) is 0 Å². The van der Waals surface area contributed by atoms with E-state index in [1.54, 1.807) is 5.38 Å². The van der Waals surface area contributed by atoms with Crippen LogP contribution in [0.2, 0.25) is 0 Å². The molecule has 0 saturated carbocycles. The summed E-state index contributed by atoms with van der Waals surface area (Å²) in [4.78, 5) is 19.1. The number of hydrogen-bond acceptors (Lipinski definition) is 4. The number of benzene rings is 2. The summed E-state index contributed by atoms with van der Waals surface area (Å²) in [5, 5.41) is 5.05. The number of carbonyl (C=O) groups is 1. The number of rotatable bonds is 5. The summed E-state index contributed by atoms with van der Waals surface area (Å²) >= 11 is 1.23. The summed E-state index contributed by atoms with van der Waals surface area (Å²) in [5.74, 6) is -0.288. The minimum atomic E-state index is -4.38. The third kappa shape index (κ3) is 4.18. The first-order valence-corrected chi connectivity index (χ1v) is 10.5. The lowest BCUT2D eigenvalue weighted by atomic mass is 10.1. The summed E-state index contributed by atoms with van der Waals surface area (Å²) < 4.78 is 38.1. The Morgan fingerprint density at radius 3 is 2.67 bits per heavy atom. The molecule has 2 aromatic carbocycles. The Morgan fingerprint density at radius 1 is 1.20 bits per heavy atom. The average Bonchev–Trinajstić information content (AvgIpc) is 3.39. The molecule has 3 aromatic rings. The first-order valence-electron chi connectivity index (χ1n) is 9.59. The number of hydrogen-bond donors (Lipinski definition) is 1. The van der Waals surface area contributed by atoms with Crippen molar-refractivity contribution in [2.24, 2.45) is 0 Å². The Balaban J connectivity index is 1.38. The Labute approximate surface area is 176 Å². The topological polar surface area (TPSA) is 45.2 Å². The Morgan fingerprint density at radius 2 is 1.93 bits per heavy atom. The molecule has 1 amide bonds. The van der Waals surface area contributed by atoms with Crippen molar-refractivity contribution >= 4 is 22.9 Å². The minimum absolute atomic E-state index is 0.130. The maximum Gasteiger partial charge on any atom is 0.416 e. The molecular formula is C22H20F3N3OS. The third-order valence-electron chi connectivity index (χ3n) is 5.21. The van der Waals surface area contributed by atoms with E-state index in [1.807, 2.05) is 12.1 Å². The number of para-hydroxylation sites is 1. The van der Waals surface area contributed by atoms with E-state index in [0.29, 0.717) is 17.1 Å². The van der Waals surface area contributed by atoms with Gasteiger partial charge in [0.15, 0.2) is 0 Å². The summed E-state index contributed by atoms with van der Waals surface area (Å²) in [6, 6.07) is 13.2. The zero-order chi connectivity index (χ0) is 21.3. The molecule has 1 aliphatic rings. The van der Waals surface area contributed by atoms with Crippen molar-refractivity contribution in [2.75, 3.05) is 18.0 Å². The largest absolute Gasteiger partial charge is 0.416 e. The number of nitrogens with one attached hydrogen (secondary N) is 1. The number of halogens is 3. The molecule has 4 nitrogen and oxygen atoms in total. The van der Waals surface area contributed by atoms with Crippen molar-refractivity contribution in [1.29, 1.82) is 0 Å². The molecule has 2 heterocycles. The van der Waals surface area contributed by atoms with E-state index in [0.717, 1.165) is 25.1 Å². The molecule has 4 rings (SSSR count). The summed E-state index contributed by atoms with van der Waals surface area (Å²) in [6.45, 7) is 3.46. The second-order valence-electron chi connectivity index (χ2n) is 7.24. The molecule has 0 bridgehead atoms. The van der Waals surface area contributed by atoms with Crippen LogP contribution >= 0.6 is 11.3 Å². The van der Waals surface area contributed by atoms with Crippen LogP contribution in [0.5, 0.6) is 0 Å². The van der Waals surface area contributed by atoms with Crippen LogP contribution in [-0.4, -0.2) is 30.0 Å². The zero-order valence-corrected chi connectivity index (χ0v) is 17.1. The van der Waals surface area contributed by atoms with E-state index in [4.69, 9.17) is 0 Å². The van der Waals surface area contributed by atoms with E-state index in [1.165, 1.54) is 34.7 Å². The third-order valence-corrected chi connectivity index (χ3v) is 6.10. The molecule has 156 valence electrons. The van der Waals surface area contributed by atoms with E-state index < -0.39 is 11.7 Å². The van der Waals surface area contributed by atoms with Crippen LogP contribution in [0.1, 0.15) is 28.5 Å². The van der Waals surface area contributed by atoms with Crippen LogP contribution < -0.4 is 10.2 Å². The predicted molar refractivity (Wildman–Crippen MR) is 112 cm³/mol. The molecule has 0 spiro atoms. The highest BCUT2D eigenvalue weighted by Gasteiger charge is 2.30. The number of fused-ring (bicyclic) bond motifs is 1. The molecule has 0 radical (unpaired) electrons. The fourth-order valence-electron chi connectivity index (χ4n) is 3.58. The number of thiazole rings is 1. The molecule has 1 atom stereocenters. The lowest BCUT2D eigenvalue weighted by Gasteiger charge is -2.27. The Bertz CT molecular complexity index is 1050. The van der Waals surface area contributed by atoms with Gasteiger partial charge in [-0.15, -0.1) is 11.3 Å². The number of nitrogens with zero attached hydrogens (tertiary/aromatic N) is 2. The van der Waals surface area contributed by atoms with Gasteiger partial charge in [-0.05, 0) is 37.1 Å². The van der Waals surface area contributed by atoms with Gasteiger partial charge < -0.3 is 10.2 Å². The monoisotopic (exact) mass is 431 g/mol. The molecule has 1 N–H and O–H groups in total. The van der Waals surface area contributed by atoms with Gasteiger partial charge in [0, 0.05) is 35.8 Å². The van der Waals surface area contributed by atoms with Gasteiger partial charge in [0.25, 0.3) is 5.91 Å². The van der Waals surface area contributed by atoms with E-state index in [-0.39, 0.29) is 17.6 Å². The smallest absolute Gasteiger partial charge is 0.366 e. The van der Waals surface area contributed by atoms with Crippen molar-refractivity contribution in [3.05, 3.63) is 70.7 Å². The molecule has 1 unspecified atom stereocenters. The SMILES string of the molecule is CC(CNC(=O)c1csc(-c2ccc(C(F)(F)F)cc2)n1)N1CCc2ccccc21. The quantitative estimate of drug-likeness (QED) is 0.618. The van der Waals surface area contributed by atoms with Gasteiger partial charge >= 0.3 is 6.18 Å². The van der Waals surface area contributed by atoms with E-state index >= 15 is 0 Å². The fourth-order valence-corrected chi connectivity index (χ4v) is 4.38. The maximum atomic E-state index is 12.7. The Hall–Kier alpha value is -2.87. The normalized spacial score (nSPS) is 14.5. The first-order chi connectivity index (χ1) is 14.3. The van der Waals surface area contributed by atoms with Crippen LogP contribution in [0.25, 0.3) is 10.6 Å². The van der Waals surface area contributed by atoms with Gasteiger partial charge in [-0.2, -0.15) is 13.2 Å². The number of alkyl halides is 3. The molecule has 0 aliphatic carbocycles. The van der Waals surface area contributed by atoms with Gasteiger partial charge in [0.05, 0.1) is 5.56 Å². The summed E-state index contributed by atoms with van der Waals surface area (Å²) in [5.41, 5.74) is 2.63. The molecule has 8 heteroatoms. The van der Waals surface area contributed by atoms with Gasteiger partial charge in [-0.1, -0.05) is 30.3 Å². The van der Waals surface area contributed by atoms with Crippen LogP contribution in [0.3, 0.4) is 0 Å². The second kappa shape index (κ2) is 8.10. The predicted octanol–water partition coefficient (Wildman–Crippen LogP) is 5.01. The minimum Gasteiger partial charge on any atom is -0.366 e. The average molecular weight is 431 g/mol. The number of amides is 1. The standard InChI is InChI=1S/C22H20F3N3OS/c1-14(28-11-10-15-4-2-3-5-19(15)28)12-26-20(29)18-13-30-21(27-18)16-6-8-17(9-7-16)22(23,24)25/h2-9,13-14H,10-12H2,1H3,(H,26,29). The van der Waals surface area contributed by atoms with Crippen LogP contribution in [0.4, 0.5) is 18.9 Å². The number of carbonyl (C=O) groups excluding carboxylic acids is 1. The van der Waals surface area contributed by atoms with E-state index in [9.17, 15) is 18.0 Å². The molecule has 30 heavy (non-hydrogen) atoms. The summed E-state index contributed by atoms with van der Waals surface area (Å²) in [7, 11) is 0. The number of aromatic nitrogens is 1. The van der Waals surface area contributed by atoms with Crippen LogP contribution in [0.15, 0.2) is 53.9 Å². The summed E-state index contributed by atoms with van der Waals surface area (Å²) in [6.07, 6.45) is -3.38. The van der Waals surface area contributed by atoms with Gasteiger partial charge in [0.1, 0.15) is 10.7 Å². The van der Waals surface area contributed by atoms with Crippen molar-refractivity contribution in [1.82, 2.24) is 10.3 Å². The fraction of sp³-hybridized carbons (Fsp3) is 0.273. The van der Waals surface area contributed by atoms with Crippen molar-refractivity contribution < 1.29 is 18.0 Å². The lowest BCUT2D eigenvalue weighted by molar-refractivity contribution is -0.137. The van der Waals surface area contributed by atoms with Crippen molar-refractivity contribution in [3.63, 3.8) is 0 Å².